The normalized spacial score (nSPS) is 26.4. The Labute approximate surface area is 154 Å². The first-order valence-electron chi connectivity index (χ1n) is 8.77. The molecule has 3 rings (SSSR count). The molecular weight excluding hydrogens is 344 g/mol. The minimum atomic E-state index is -0.387. The molecule has 1 aliphatic carbocycles. The van der Waals surface area contributed by atoms with Crippen LogP contribution in [0.4, 0.5) is 5.69 Å². The maximum atomic E-state index is 12.0. The van der Waals surface area contributed by atoms with Gasteiger partial charge >= 0.3 is 0 Å². The molecule has 1 aliphatic heterocycles. The summed E-state index contributed by atoms with van der Waals surface area (Å²) in [7, 11) is 0. The van der Waals surface area contributed by atoms with Gasteiger partial charge in [-0.1, -0.05) is 6.42 Å². The van der Waals surface area contributed by atoms with E-state index in [0.29, 0.717) is 19.6 Å². The number of nitrogens with one attached hydrogen (secondary N) is 2. The van der Waals surface area contributed by atoms with Crippen LogP contribution < -0.4 is 15.4 Å². The number of hydrogen-bond acceptors (Lipinski definition) is 5. The highest BCUT2D eigenvalue weighted by Crippen LogP contribution is 2.25. The van der Waals surface area contributed by atoms with E-state index in [2.05, 4.69) is 10.6 Å². The van der Waals surface area contributed by atoms with Crippen LogP contribution >= 0.6 is 12.4 Å². The number of rotatable bonds is 5. The van der Waals surface area contributed by atoms with Gasteiger partial charge in [-0.2, -0.15) is 0 Å². The van der Waals surface area contributed by atoms with Crippen molar-refractivity contribution < 1.29 is 19.4 Å². The van der Waals surface area contributed by atoms with Gasteiger partial charge in [0.2, 0.25) is 5.91 Å². The summed E-state index contributed by atoms with van der Waals surface area (Å²) in [6.45, 7) is 2.20. The molecule has 25 heavy (non-hydrogen) atoms. The molecule has 0 spiro atoms. The average molecular weight is 371 g/mol. The summed E-state index contributed by atoms with van der Waals surface area (Å²) in [6.07, 6.45) is 3.61. The van der Waals surface area contributed by atoms with Gasteiger partial charge in [0.15, 0.2) is 0 Å². The molecule has 0 bridgehead atoms. The summed E-state index contributed by atoms with van der Waals surface area (Å²) in [4.78, 5) is 12.0. The zero-order valence-corrected chi connectivity index (χ0v) is 15.1. The Morgan fingerprint density at radius 1 is 1.28 bits per heavy atom. The average Bonchev–Trinajstić information content (AvgIpc) is 2.59. The van der Waals surface area contributed by atoms with Crippen molar-refractivity contribution in [3.8, 4) is 5.75 Å². The molecule has 3 atom stereocenters. The Morgan fingerprint density at radius 3 is 2.72 bits per heavy atom. The number of morpholine rings is 1. The molecule has 1 amide bonds. The van der Waals surface area contributed by atoms with Crippen LogP contribution in [0.2, 0.25) is 0 Å². The molecule has 7 heteroatoms. The van der Waals surface area contributed by atoms with Crippen molar-refractivity contribution in [2.24, 2.45) is 0 Å². The highest BCUT2D eigenvalue weighted by molar-refractivity contribution is 5.91. The minimum Gasteiger partial charge on any atom is -0.488 e. The number of hydrogen-bond donors (Lipinski definition) is 3. The predicted octanol–water partition coefficient (Wildman–Crippen LogP) is 2.11. The van der Waals surface area contributed by atoms with Gasteiger partial charge in [0, 0.05) is 18.8 Å². The van der Waals surface area contributed by atoms with Gasteiger partial charge in [0.25, 0.3) is 0 Å². The first kappa shape index (κ1) is 20.0. The van der Waals surface area contributed by atoms with Crippen LogP contribution in [0.25, 0.3) is 0 Å². The minimum absolute atomic E-state index is 0. The summed E-state index contributed by atoms with van der Waals surface area (Å²) < 4.78 is 11.4. The van der Waals surface area contributed by atoms with Gasteiger partial charge in [-0.3, -0.25) is 4.79 Å². The van der Waals surface area contributed by atoms with E-state index in [9.17, 15) is 9.90 Å². The van der Waals surface area contributed by atoms with E-state index in [1.54, 1.807) is 0 Å². The van der Waals surface area contributed by atoms with Crippen molar-refractivity contribution in [1.82, 2.24) is 5.32 Å². The summed E-state index contributed by atoms with van der Waals surface area (Å²) in [5.74, 6) is 0.666. The maximum Gasteiger partial charge on any atom is 0.227 e. The number of carbonyl (C=O) groups excluding carboxylic acids is 1. The van der Waals surface area contributed by atoms with Crippen molar-refractivity contribution in [2.75, 3.05) is 25.0 Å². The number of carbonyl (C=O) groups is 1. The Bertz CT molecular complexity index is 534. The molecule has 0 radical (unpaired) electrons. The topological polar surface area (TPSA) is 79.8 Å². The molecule has 140 valence electrons. The van der Waals surface area contributed by atoms with Gasteiger partial charge in [-0.05, 0) is 43.5 Å². The number of halogens is 1. The third-order valence-electron chi connectivity index (χ3n) is 4.51. The molecule has 2 fully saturated rings. The summed E-state index contributed by atoms with van der Waals surface area (Å²) >= 11 is 0. The van der Waals surface area contributed by atoms with Crippen LogP contribution in [-0.2, 0) is 9.53 Å². The lowest BCUT2D eigenvalue weighted by Crippen LogP contribution is -2.40. The number of ether oxygens (including phenoxy) is 2. The monoisotopic (exact) mass is 370 g/mol. The number of aliphatic hydroxyl groups is 1. The number of aliphatic hydroxyl groups excluding tert-OH is 1. The Balaban J connectivity index is 0.00000225. The SMILES string of the molecule is Cl.O=C(CC1CNCCO1)Nc1ccc(OC2CCCCC2O)cc1. The van der Waals surface area contributed by atoms with Crippen LogP contribution in [0.1, 0.15) is 32.1 Å². The maximum absolute atomic E-state index is 12.0. The molecule has 3 unspecified atom stereocenters. The third-order valence-corrected chi connectivity index (χ3v) is 4.51. The van der Waals surface area contributed by atoms with Gasteiger partial charge in [-0.25, -0.2) is 0 Å². The lowest BCUT2D eigenvalue weighted by Gasteiger charge is -2.28. The van der Waals surface area contributed by atoms with Crippen LogP contribution in [0.5, 0.6) is 5.75 Å². The quantitative estimate of drug-likeness (QED) is 0.739. The third kappa shape index (κ3) is 6.15. The van der Waals surface area contributed by atoms with Gasteiger partial charge in [-0.15, -0.1) is 12.4 Å². The number of anilines is 1. The second-order valence-corrected chi connectivity index (χ2v) is 6.48. The number of benzene rings is 1. The molecule has 2 aliphatic rings. The van der Waals surface area contributed by atoms with Crippen LogP contribution in [0.3, 0.4) is 0 Å². The Morgan fingerprint density at radius 2 is 2.04 bits per heavy atom. The number of amides is 1. The second kappa shape index (κ2) is 9.97. The zero-order chi connectivity index (χ0) is 16.8. The second-order valence-electron chi connectivity index (χ2n) is 6.48. The lowest BCUT2D eigenvalue weighted by molar-refractivity contribution is -0.119. The summed E-state index contributed by atoms with van der Waals surface area (Å²) in [5, 5.41) is 16.0. The lowest BCUT2D eigenvalue weighted by atomic mass is 9.95. The fraction of sp³-hybridized carbons (Fsp3) is 0.611. The molecule has 1 aromatic rings. The summed E-state index contributed by atoms with van der Waals surface area (Å²) in [5.41, 5.74) is 0.736. The standard InChI is InChI=1S/C18H26N2O4.ClH/c21-16-3-1-2-4-17(16)24-14-7-5-13(6-8-14)20-18(22)11-15-12-19-9-10-23-15;/h5-8,15-17,19,21H,1-4,9-12H2,(H,20,22);1H. The fourth-order valence-electron chi connectivity index (χ4n) is 3.18. The van der Waals surface area contributed by atoms with Crippen molar-refractivity contribution >= 4 is 24.0 Å². The van der Waals surface area contributed by atoms with E-state index in [4.69, 9.17) is 9.47 Å². The van der Waals surface area contributed by atoms with Crippen LogP contribution in [0, 0.1) is 0 Å². The molecule has 1 aromatic carbocycles. The molecule has 1 heterocycles. The van der Waals surface area contributed by atoms with Crippen molar-refractivity contribution in [3.63, 3.8) is 0 Å². The zero-order valence-electron chi connectivity index (χ0n) is 14.3. The van der Waals surface area contributed by atoms with Gasteiger partial charge in [0.1, 0.15) is 11.9 Å². The fourth-order valence-corrected chi connectivity index (χ4v) is 3.18. The molecule has 1 saturated heterocycles. The van der Waals surface area contributed by atoms with Crippen LogP contribution in [-0.4, -0.2) is 49.0 Å². The largest absolute Gasteiger partial charge is 0.488 e. The van der Waals surface area contributed by atoms with E-state index >= 15 is 0 Å². The van der Waals surface area contributed by atoms with Crippen molar-refractivity contribution in [3.05, 3.63) is 24.3 Å². The van der Waals surface area contributed by atoms with Gasteiger partial charge < -0.3 is 25.2 Å². The van der Waals surface area contributed by atoms with E-state index in [-0.39, 0.29) is 36.6 Å². The molecular formula is C18H27ClN2O4. The summed E-state index contributed by atoms with van der Waals surface area (Å²) in [6, 6.07) is 7.30. The van der Waals surface area contributed by atoms with Crippen molar-refractivity contribution in [2.45, 2.75) is 50.4 Å². The molecule has 1 saturated carbocycles. The molecule has 6 nitrogen and oxygen atoms in total. The highest BCUT2D eigenvalue weighted by atomic mass is 35.5. The Kier molecular flexibility index (Phi) is 7.96. The molecule has 0 aromatic heterocycles. The van der Waals surface area contributed by atoms with E-state index in [1.807, 2.05) is 24.3 Å². The van der Waals surface area contributed by atoms with Gasteiger partial charge in [0.05, 0.1) is 25.2 Å². The smallest absolute Gasteiger partial charge is 0.227 e. The first-order valence-corrected chi connectivity index (χ1v) is 8.77. The van der Waals surface area contributed by atoms with E-state index < -0.39 is 0 Å². The Hall–Kier alpha value is -1.34. The van der Waals surface area contributed by atoms with E-state index in [1.165, 1.54) is 0 Å². The van der Waals surface area contributed by atoms with Crippen LogP contribution in [0.15, 0.2) is 24.3 Å². The van der Waals surface area contributed by atoms with Crippen molar-refractivity contribution in [1.29, 1.82) is 0 Å². The van der Waals surface area contributed by atoms with E-state index in [0.717, 1.165) is 43.7 Å². The highest BCUT2D eigenvalue weighted by Gasteiger charge is 2.24. The predicted molar refractivity (Wildman–Crippen MR) is 98.4 cm³/mol. The first-order chi connectivity index (χ1) is 11.7. The molecule has 3 N–H and O–H groups in total.